The average Bonchev–Trinajstić information content (AvgIpc) is 2.78. The van der Waals surface area contributed by atoms with Crippen molar-refractivity contribution >= 4 is 56.7 Å². The highest BCUT2D eigenvalue weighted by atomic mass is 127. The minimum absolute atomic E-state index is 0.0945. The summed E-state index contributed by atoms with van der Waals surface area (Å²) in [6, 6.07) is 3.41. The number of hydrogen-bond donors (Lipinski definition) is 2. The van der Waals surface area contributed by atoms with E-state index in [4.69, 9.17) is 0 Å². The van der Waals surface area contributed by atoms with Crippen LogP contribution in [0.25, 0.3) is 0 Å². The first kappa shape index (κ1) is 10.5. The summed E-state index contributed by atoms with van der Waals surface area (Å²) in [4.78, 5) is 30.0. The van der Waals surface area contributed by atoms with Gasteiger partial charge < -0.3 is 9.97 Å². The van der Waals surface area contributed by atoms with Gasteiger partial charge in [0.05, 0.1) is 18.5 Å². The van der Waals surface area contributed by atoms with Gasteiger partial charge in [-0.05, 0) is 57.3 Å². The predicted octanol–water partition coefficient (Wildman–Crippen LogP) is 2.33. The van der Waals surface area contributed by atoms with Gasteiger partial charge in [0.2, 0.25) is 5.78 Å². The highest BCUT2D eigenvalue weighted by molar-refractivity contribution is 14.1. The molecule has 2 aromatic heterocycles. The first-order valence-electron chi connectivity index (χ1n) is 4.44. The molecule has 2 heterocycles. The molecule has 0 saturated carbocycles. The fourth-order valence-corrected chi connectivity index (χ4v) is 2.99. The predicted molar refractivity (Wildman–Crippen MR) is 73.9 cm³/mol. The summed E-state index contributed by atoms with van der Waals surface area (Å²) < 4.78 is 1.59. The lowest BCUT2D eigenvalue weighted by molar-refractivity contribution is 0.0974. The number of aromatic nitrogens is 2. The normalized spacial score (nSPS) is 13.9. The molecule has 0 bridgehead atoms. The fraction of sp³-hybridized carbons (Fsp3) is 0. The molecule has 4 nitrogen and oxygen atoms in total. The summed E-state index contributed by atoms with van der Waals surface area (Å²) in [6.07, 6.45) is 0. The summed E-state index contributed by atoms with van der Waals surface area (Å²) in [5.74, 6) is -0.238. The van der Waals surface area contributed by atoms with E-state index in [-0.39, 0.29) is 11.6 Å². The Kier molecular flexibility index (Phi) is 2.25. The molecule has 0 radical (unpaired) electrons. The standard InChI is InChI=1S/C10H4I2N2O2/c11-5-1-3-7(13-5)10(16)8-4(9(3)15)2-6(12)14-8/h1-2,13-14H. The van der Waals surface area contributed by atoms with Crippen molar-refractivity contribution in [3.63, 3.8) is 0 Å². The molecule has 2 N–H and O–H groups in total. The second-order valence-electron chi connectivity index (χ2n) is 3.47. The number of rotatable bonds is 0. The maximum Gasteiger partial charge on any atom is 0.226 e. The Morgan fingerprint density at radius 3 is 1.69 bits per heavy atom. The monoisotopic (exact) mass is 438 g/mol. The lowest BCUT2D eigenvalue weighted by atomic mass is 9.94. The highest BCUT2D eigenvalue weighted by Gasteiger charge is 2.33. The van der Waals surface area contributed by atoms with Crippen LogP contribution in [0, 0.1) is 7.40 Å². The number of halogens is 2. The van der Waals surface area contributed by atoms with Crippen molar-refractivity contribution in [1.82, 2.24) is 9.97 Å². The zero-order valence-corrected chi connectivity index (χ0v) is 12.0. The zero-order valence-electron chi connectivity index (χ0n) is 7.73. The van der Waals surface area contributed by atoms with Crippen molar-refractivity contribution in [3.8, 4) is 0 Å². The molecule has 6 heteroatoms. The number of aromatic amines is 2. The number of carbonyl (C=O) groups excluding carboxylic acids is 2. The number of H-pyrrole nitrogens is 2. The van der Waals surface area contributed by atoms with E-state index >= 15 is 0 Å². The van der Waals surface area contributed by atoms with E-state index in [1.54, 1.807) is 12.1 Å². The average molecular weight is 438 g/mol. The first-order chi connectivity index (χ1) is 7.58. The van der Waals surface area contributed by atoms with Gasteiger partial charge in [0, 0.05) is 0 Å². The largest absolute Gasteiger partial charge is 0.347 e. The summed E-state index contributed by atoms with van der Waals surface area (Å²) in [5, 5.41) is 0. The van der Waals surface area contributed by atoms with Crippen LogP contribution in [0.1, 0.15) is 32.1 Å². The SMILES string of the molecule is O=C1c2cc(I)[nH]c2C(=O)c2[nH]c(I)cc21. The van der Waals surface area contributed by atoms with Crippen LogP contribution >= 0.6 is 45.2 Å². The molecule has 1 aliphatic carbocycles. The van der Waals surface area contributed by atoms with E-state index in [9.17, 15) is 9.59 Å². The van der Waals surface area contributed by atoms with Crippen molar-refractivity contribution < 1.29 is 9.59 Å². The van der Waals surface area contributed by atoms with Crippen LogP contribution in [0.4, 0.5) is 0 Å². The van der Waals surface area contributed by atoms with E-state index in [0.717, 1.165) is 7.40 Å². The maximum absolute atomic E-state index is 12.1. The number of ketones is 2. The molecule has 0 unspecified atom stereocenters. The van der Waals surface area contributed by atoms with Gasteiger partial charge in [-0.3, -0.25) is 9.59 Å². The summed E-state index contributed by atoms with van der Waals surface area (Å²) in [5.41, 5.74) is 1.72. The van der Waals surface area contributed by atoms with Gasteiger partial charge in [0.25, 0.3) is 0 Å². The molecule has 80 valence electrons. The number of hydrogen-bond acceptors (Lipinski definition) is 2. The van der Waals surface area contributed by atoms with Crippen LogP contribution in [0.5, 0.6) is 0 Å². The molecule has 1 aliphatic rings. The van der Waals surface area contributed by atoms with E-state index in [1.807, 2.05) is 0 Å². The van der Waals surface area contributed by atoms with Crippen LogP contribution in [-0.4, -0.2) is 21.5 Å². The molecule has 3 rings (SSSR count). The van der Waals surface area contributed by atoms with Crippen LogP contribution in [0.2, 0.25) is 0 Å². The molecule has 0 amide bonds. The van der Waals surface area contributed by atoms with Crippen LogP contribution < -0.4 is 0 Å². The molecule has 0 aliphatic heterocycles. The topological polar surface area (TPSA) is 65.7 Å². The van der Waals surface area contributed by atoms with Gasteiger partial charge in [0.1, 0.15) is 11.4 Å². The second kappa shape index (κ2) is 3.42. The summed E-state index contributed by atoms with van der Waals surface area (Å²) >= 11 is 4.11. The van der Waals surface area contributed by atoms with E-state index in [1.165, 1.54) is 0 Å². The lowest BCUT2D eigenvalue weighted by Gasteiger charge is -2.08. The zero-order chi connectivity index (χ0) is 11.4. The smallest absolute Gasteiger partial charge is 0.226 e. The van der Waals surface area contributed by atoms with Crippen LogP contribution in [0.15, 0.2) is 12.1 Å². The first-order valence-corrected chi connectivity index (χ1v) is 6.60. The van der Waals surface area contributed by atoms with Gasteiger partial charge in [0.15, 0.2) is 5.78 Å². The van der Waals surface area contributed by atoms with Crippen molar-refractivity contribution in [1.29, 1.82) is 0 Å². The lowest BCUT2D eigenvalue weighted by Crippen LogP contribution is -2.19. The third kappa shape index (κ3) is 1.32. The molecule has 0 fully saturated rings. The Balaban J connectivity index is 2.32. The molecule has 0 atom stereocenters. The van der Waals surface area contributed by atoms with Crippen molar-refractivity contribution in [3.05, 3.63) is 42.0 Å². The van der Waals surface area contributed by atoms with Gasteiger partial charge in [-0.1, -0.05) is 0 Å². The quantitative estimate of drug-likeness (QED) is 0.530. The fourth-order valence-electron chi connectivity index (χ4n) is 1.83. The molecular weight excluding hydrogens is 434 g/mol. The number of fused-ring (bicyclic) bond motifs is 2. The summed E-state index contributed by atoms with van der Waals surface area (Å²) in [7, 11) is 0. The Morgan fingerprint density at radius 1 is 0.812 bits per heavy atom. The van der Waals surface area contributed by atoms with Crippen molar-refractivity contribution in [2.24, 2.45) is 0 Å². The maximum atomic E-state index is 12.1. The second-order valence-corrected chi connectivity index (χ2v) is 5.79. The number of nitrogens with one attached hydrogen (secondary N) is 2. The van der Waals surface area contributed by atoms with Crippen LogP contribution in [0.3, 0.4) is 0 Å². The molecule has 16 heavy (non-hydrogen) atoms. The van der Waals surface area contributed by atoms with Gasteiger partial charge in [-0.15, -0.1) is 0 Å². The Bertz CT molecular complexity index is 536. The van der Waals surface area contributed by atoms with Gasteiger partial charge >= 0.3 is 0 Å². The Hall–Kier alpha value is -0.640. The van der Waals surface area contributed by atoms with Crippen molar-refractivity contribution in [2.45, 2.75) is 0 Å². The number of carbonyl (C=O) groups is 2. The van der Waals surface area contributed by atoms with Crippen molar-refractivity contribution in [2.75, 3.05) is 0 Å². The molecule has 0 aromatic carbocycles. The minimum Gasteiger partial charge on any atom is -0.347 e. The van der Waals surface area contributed by atoms with Gasteiger partial charge in [-0.25, -0.2) is 0 Å². The minimum atomic E-state index is -0.143. The Labute approximate surface area is 117 Å². The third-order valence-corrected chi connectivity index (χ3v) is 3.68. The molecule has 0 spiro atoms. The molecule has 2 aromatic rings. The van der Waals surface area contributed by atoms with E-state index in [0.29, 0.717) is 22.5 Å². The molecule has 0 saturated heterocycles. The van der Waals surface area contributed by atoms with Gasteiger partial charge in [-0.2, -0.15) is 0 Å². The highest BCUT2D eigenvalue weighted by Crippen LogP contribution is 2.28. The third-order valence-electron chi connectivity index (χ3n) is 2.51. The molecular formula is C10H4I2N2O2. The van der Waals surface area contributed by atoms with E-state index < -0.39 is 0 Å². The van der Waals surface area contributed by atoms with Crippen LogP contribution in [-0.2, 0) is 0 Å². The Morgan fingerprint density at radius 2 is 1.25 bits per heavy atom. The van der Waals surface area contributed by atoms with E-state index in [2.05, 4.69) is 55.1 Å². The summed E-state index contributed by atoms with van der Waals surface area (Å²) in [6.45, 7) is 0.